The maximum atomic E-state index is 12.9. The molecule has 0 saturated heterocycles. The fourth-order valence-electron chi connectivity index (χ4n) is 2.44. The zero-order valence-electron chi connectivity index (χ0n) is 14.6. The van der Waals surface area contributed by atoms with Crippen molar-refractivity contribution in [2.75, 3.05) is 0 Å². The van der Waals surface area contributed by atoms with E-state index in [0.29, 0.717) is 15.9 Å². The van der Waals surface area contributed by atoms with E-state index >= 15 is 0 Å². The Hall–Kier alpha value is -2.71. The van der Waals surface area contributed by atoms with Crippen LogP contribution in [0.1, 0.15) is 46.6 Å². The second kappa shape index (κ2) is 6.79. The SMILES string of the molecule is CC(C)(C)OC(=O)n1cc(C(=O)c2nc(C(=O)O)cs2)c2cc(Cl)ccc21. The average Bonchev–Trinajstić information content (AvgIpc) is 3.17. The van der Waals surface area contributed by atoms with Gasteiger partial charge in [-0.3, -0.25) is 9.36 Å². The molecule has 1 N–H and O–H groups in total. The molecule has 3 aromatic rings. The maximum absolute atomic E-state index is 12.9. The van der Waals surface area contributed by atoms with Crippen LogP contribution in [0.15, 0.2) is 29.8 Å². The van der Waals surface area contributed by atoms with Crippen molar-refractivity contribution in [3.63, 3.8) is 0 Å². The quantitative estimate of drug-likeness (QED) is 0.644. The minimum absolute atomic E-state index is 0.00983. The Labute approximate surface area is 163 Å². The first kappa shape index (κ1) is 19.1. The van der Waals surface area contributed by atoms with Crippen molar-refractivity contribution in [1.29, 1.82) is 0 Å². The Kier molecular flexibility index (Phi) is 4.79. The molecule has 0 saturated carbocycles. The van der Waals surface area contributed by atoms with E-state index in [0.717, 1.165) is 11.3 Å². The number of ketones is 1. The van der Waals surface area contributed by atoms with Gasteiger partial charge >= 0.3 is 12.1 Å². The van der Waals surface area contributed by atoms with Crippen molar-refractivity contribution < 1.29 is 24.2 Å². The molecule has 1 aromatic carbocycles. The molecule has 0 radical (unpaired) electrons. The Morgan fingerprint density at radius 3 is 2.56 bits per heavy atom. The Balaban J connectivity index is 2.12. The van der Waals surface area contributed by atoms with Crippen LogP contribution in [0.4, 0.5) is 4.79 Å². The average molecular weight is 407 g/mol. The van der Waals surface area contributed by atoms with Gasteiger partial charge < -0.3 is 9.84 Å². The monoisotopic (exact) mass is 406 g/mol. The summed E-state index contributed by atoms with van der Waals surface area (Å²) >= 11 is 6.98. The molecule has 7 nitrogen and oxygen atoms in total. The van der Waals surface area contributed by atoms with Crippen LogP contribution in [0.25, 0.3) is 10.9 Å². The fourth-order valence-corrected chi connectivity index (χ4v) is 3.35. The molecular formula is C18H15ClN2O5S. The third-order valence-electron chi connectivity index (χ3n) is 3.52. The van der Waals surface area contributed by atoms with Gasteiger partial charge in [0.05, 0.1) is 11.1 Å². The number of nitrogens with zero attached hydrogens (tertiary/aromatic N) is 2. The fraction of sp³-hybridized carbons (Fsp3) is 0.222. The van der Waals surface area contributed by atoms with E-state index in [1.165, 1.54) is 16.1 Å². The van der Waals surface area contributed by atoms with E-state index in [1.54, 1.807) is 39.0 Å². The number of carboxylic acids is 1. The molecule has 0 amide bonds. The van der Waals surface area contributed by atoms with Crippen molar-refractivity contribution in [2.45, 2.75) is 26.4 Å². The lowest BCUT2D eigenvalue weighted by Crippen LogP contribution is -2.26. The maximum Gasteiger partial charge on any atom is 0.419 e. The highest BCUT2D eigenvalue weighted by Gasteiger charge is 2.25. The molecular weight excluding hydrogens is 392 g/mol. The molecule has 0 atom stereocenters. The predicted octanol–water partition coefficient (Wildman–Crippen LogP) is 4.46. The third kappa shape index (κ3) is 3.86. The molecule has 0 aliphatic rings. The van der Waals surface area contributed by atoms with Crippen LogP contribution in [-0.4, -0.2) is 38.1 Å². The largest absolute Gasteiger partial charge is 0.476 e. The molecule has 0 aliphatic heterocycles. The molecule has 2 aromatic heterocycles. The first-order valence-electron chi connectivity index (χ1n) is 7.84. The Morgan fingerprint density at radius 2 is 1.96 bits per heavy atom. The number of carboxylic acid groups (broad SMARTS) is 1. The molecule has 2 heterocycles. The number of hydrogen-bond acceptors (Lipinski definition) is 6. The van der Waals surface area contributed by atoms with E-state index in [2.05, 4.69) is 4.98 Å². The van der Waals surface area contributed by atoms with E-state index in [1.807, 2.05) is 0 Å². The highest BCUT2D eigenvalue weighted by molar-refractivity contribution is 7.12. The second-order valence-corrected chi connectivity index (χ2v) is 8.02. The van der Waals surface area contributed by atoms with Gasteiger partial charge in [-0.15, -0.1) is 11.3 Å². The molecule has 0 bridgehead atoms. The summed E-state index contributed by atoms with van der Waals surface area (Å²) in [6.45, 7) is 5.22. The van der Waals surface area contributed by atoms with Gasteiger partial charge in [-0.25, -0.2) is 14.6 Å². The number of aromatic nitrogens is 2. The number of carbonyl (C=O) groups excluding carboxylic acids is 2. The summed E-state index contributed by atoms with van der Waals surface area (Å²) in [6, 6.07) is 4.78. The Bertz CT molecular complexity index is 1080. The summed E-state index contributed by atoms with van der Waals surface area (Å²) in [5.41, 5.74) is -0.287. The van der Waals surface area contributed by atoms with E-state index in [-0.39, 0.29) is 16.3 Å². The van der Waals surface area contributed by atoms with Gasteiger partial charge in [-0.05, 0) is 39.0 Å². The lowest BCUT2D eigenvalue weighted by atomic mass is 10.1. The van der Waals surface area contributed by atoms with Crippen LogP contribution < -0.4 is 0 Å². The van der Waals surface area contributed by atoms with Crippen molar-refractivity contribution >= 4 is 51.7 Å². The first-order valence-corrected chi connectivity index (χ1v) is 9.10. The number of fused-ring (bicyclic) bond motifs is 1. The van der Waals surface area contributed by atoms with Gasteiger partial charge in [0.1, 0.15) is 5.60 Å². The molecule has 9 heteroatoms. The van der Waals surface area contributed by atoms with Gasteiger partial charge in [0.15, 0.2) is 10.7 Å². The van der Waals surface area contributed by atoms with E-state index in [9.17, 15) is 14.4 Å². The Morgan fingerprint density at radius 1 is 1.26 bits per heavy atom. The standard InChI is InChI=1S/C18H15ClN2O5S/c1-18(2,3)26-17(25)21-7-11(10-6-9(19)4-5-13(10)21)14(22)15-20-12(8-27-15)16(23)24/h4-8H,1-3H3,(H,23,24). The van der Waals surface area contributed by atoms with Gasteiger partial charge in [0, 0.05) is 22.0 Å². The first-order chi connectivity index (χ1) is 12.6. The zero-order chi connectivity index (χ0) is 19.9. The summed E-state index contributed by atoms with van der Waals surface area (Å²) in [5.74, 6) is -1.72. The molecule has 140 valence electrons. The number of ether oxygens (including phenoxy) is 1. The number of thiazole rings is 1. The number of carbonyl (C=O) groups is 3. The van der Waals surface area contributed by atoms with Crippen molar-refractivity contribution in [3.05, 3.63) is 51.1 Å². The topological polar surface area (TPSA) is 98.5 Å². The summed E-state index contributed by atoms with van der Waals surface area (Å²) < 4.78 is 6.62. The van der Waals surface area contributed by atoms with E-state index < -0.39 is 23.4 Å². The number of rotatable bonds is 3. The summed E-state index contributed by atoms with van der Waals surface area (Å²) in [4.78, 5) is 40.3. The number of halogens is 1. The minimum atomic E-state index is -1.22. The number of benzene rings is 1. The third-order valence-corrected chi connectivity index (χ3v) is 4.60. The number of hydrogen-bond donors (Lipinski definition) is 1. The van der Waals surface area contributed by atoms with Gasteiger partial charge in [-0.2, -0.15) is 0 Å². The zero-order valence-corrected chi connectivity index (χ0v) is 16.2. The molecule has 0 unspecified atom stereocenters. The highest BCUT2D eigenvalue weighted by atomic mass is 35.5. The summed E-state index contributed by atoms with van der Waals surface area (Å²) in [7, 11) is 0. The smallest absolute Gasteiger partial charge is 0.419 e. The number of aromatic carboxylic acids is 1. The van der Waals surface area contributed by atoms with Gasteiger partial charge in [-0.1, -0.05) is 11.6 Å². The van der Waals surface area contributed by atoms with Gasteiger partial charge in [0.25, 0.3) is 0 Å². The summed E-state index contributed by atoms with van der Waals surface area (Å²) in [6.07, 6.45) is 0.721. The minimum Gasteiger partial charge on any atom is -0.476 e. The molecule has 27 heavy (non-hydrogen) atoms. The summed E-state index contributed by atoms with van der Waals surface area (Å²) in [5, 5.41) is 11.1. The molecule has 0 aliphatic carbocycles. The van der Waals surface area contributed by atoms with Crippen molar-refractivity contribution in [1.82, 2.24) is 9.55 Å². The van der Waals surface area contributed by atoms with Gasteiger partial charge in [0.2, 0.25) is 5.78 Å². The lowest BCUT2D eigenvalue weighted by Gasteiger charge is -2.19. The van der Waals surface area contributed by atoms with Crippen LogP contribution in [-0.2, 0) is 4.74 Å². The van der Waals surface area contributed by atoms with Crippen LogP contribution in [0.5, 0.6) is 0 Å². The van der Waals surface area contributed by atoms with Crippen LogP contribution in [0.3, 0.4) is 0 Å². The lowest BCUT2D eigenvalue weighted by molar-refractivity contribution is 0.0543. The highest BCUT2D eigenvalue weighted by Crippen LogP contribution is 2.28. The van der Waals surface area contributed by atoms with Crippen LogP contribution in [0.2, 0.25) is 5.02 Å². The van der Waals surface area contributed by atoms with Crippen LogP contribution in [0, 0.1) is 0 Å². The van der Waals surface area contributed by atoms with Crippen LogP contribution >= 0.6 is 22.9 Å². The molecule has 0 spiro atoms. The van der Waals surface area contributed by atoms with Crippen molar-refractivity contribution in [2.24, 2.45) is 0 Å². The molecule has 3 rings (SSSR count). The normalized spacial score (nSPS) is 11.6. The van der Waals surface area contributed by atoms with E-state index in [4.69, 9.17) is 21.4 Å². The van der Waals surface area contributed by atoms with Crippen molar-refractivity contribution in [3.8, 4) is 0 Å². The second-order valence-electron chi connectivity index (χ2n) is 6.73. The molecule has 0 fully saturated rings. The predicted molar refractivity (Wildman–Crippen MR) is 101 cm³/mol.